The molecule has 1 unspecified atom stereocenters. The number of hydrogen-bond acceptors (Lipinski definition) is 2. The van der Waals surface area contributed by atoms with E-state index in [1.54, 1.807) is 0 Å². The van der Waals surface area contributed by atoms with E-state index >= 15 is 0 Å². The van der Waals surface area contributed by atoms with E-state index in [-0.39, 0.29) is 6.29 Å². The Balaban J connectivity index is 2.06. The average Bonchev–Trinajstić information content (AvgIpc) is 2.43. The third-order valence-electron chi connectivity index (χ3n) is 2.63. The summed E-state index contributed by atoms with van der Waals surface area (Å²) >= 11 is 3.48. The summed E-state index contributed by atoms with van der Waals surface area (Å²) in [5.74, 6) is 1.63. The Kier molecular flexibility index (Phi) is 5.28. The summed E-state index contributed by atoms with van der Waals surface area (Å²) in [6.07, 6.45) is 1.57. The molecule has 2 rings (SSSR count). The Bertz CT molecular complexity index is 499. The van der Waals surface area contributed by atoms with Gasteiger partial charge in [0.1, 0.15) is 11.5 Å². The third kappa shape index (κ3) is 4.28. The first-order valence-electron chi connectivity index (χ1n) is 6.42. The van der Waals surface area contributed by atoms with Crippen molar-refractivity contribution in [3.8, 4) is 11.5 Å². The van der Waals surface area contributed by atoms with Gasteiger partial charge in [-0.15, -0.1) is 0 Å². The van der Waals surface area contributed by atoms with Crippen molar-refractivity contribution in [3.63, 3.8) is 0 Å². The average molecular weight is 321 g/mol. The molecule has 0 aliphatic heterocycles. The Morgan fingerprint density at radius 1 is 0.947 bits per heavy atom. The molecule has 100 valence electrons. The van der Waals surface area contributed by atoms with Crippen LogP contribution in [0.4, 0.5) is 0 Å². The van der Waals surface area contributed by atoms with Crippen molar-refractivity contribution in [1.82, 2.24) is 0 Å². The largest absolute Gasteiger partial charge is 0.455 e. The molecule has 0 radical (unpaired) electrons. The van der Waals surface area contributed by atoms with Gasteiger partial charge in [-0.3, -0.25) is 0 Å². The van der Waals surface area contributed by atoms with E-state index in [0.29, 0.717) is 0 Å². The highest BCUT2D eigenvalue weighted by Gasteiger charge is 2.12. The molecule has 2 aromatic carbocycles. The third-order valence-corrected chi connectivity index (χ3v) is 3.29. The summed E-state index contributed by atoms with van der Waals surface area (Å²) in [5, 5.41) is 0. The second-order valence-electron chi connectivity index (χ2n) is 4.20. The molecule has 0 amide bonds. The van der Waals surface area contributed by atoms with Crippen LogP contribution in [0.25, 0.3) is 0 Å². The van der Waals surface area contributed by atoms with Crippen molar-refractivity contribution < 1.29 is 9.47 Å². The summed E-state index contributed by atoms with van der Waals surface area (Å²) in [4.78, 5) is 0. The summed E-state index contributed by atoms with van der Waals surface area (Å²) in [6.45, 7) is 2.12. The normalized spacial score (nSPS) is 11.9. The maximum absolute atomic E-state index is 5.92. The smallest absolute Gasteiger partial charge is 0.241 e. The van der Waals surface area contributed by atoms with E-state index < -0.39 is 0 Å². The molecule has 0 aliphatic rings. The van der Waals surface area contributed by atoms with E-state index in [0.717, 1.165) is 28.8 Å². The Labute approximate surface area is 122 Å². The SMILES string of the molecule is CCCC(Oc1ccccc1)Oc1ccccc1Br. The number of para-hydroxylation sites is 2. The Hall–Kier alpha value is -1.48. The fourth-order valence-corrected chi connectivity index (χ4v) is 2.09. The molecule has 0 spiro atoms. The number of hydrogen-bond donors (Lipinski definition) is 0. The lowest BCUT2D eigenvalue weighted by molar-refractivity contribution is -0.00159. The zero-order chi connectivity index (χ0) is 13.5. The fraction of sp³-hybridized carbons (Fsp3) is 0.250. The summed E-state index contributed by atoms with van der Waals surface area (Å²) in [7, 11) is 0. The van der Waals surface area contributed by atoms with Crippen molar-refractivity contribution >= 4 is 15.9 Å². The molecule has 2 nitrogen and oxygen atoms in total. The summed E-state index contributed by atoms with van der Waals surface area (Å²) in [5.41, 5.74) is 0. The van der Waals surface area contributed by atoms with Gasteiger partial charge in [0.2, 0.25) is 6.29 Å². The van der Waals surface area contributed by atoms with Crippen LogP contribution in [0, 0.1) is 0 Å². The van der Waals surface area contributed by atoms with Gasteiger partial charge in [-0.1, -0.05) is 37.3 Å². The molecule has 2 aromatic rings. The first kappa shape index (κ1) is 13.9. The molecule has 0 saturated carbocycles. The van der Waals surface area contributed by atoms with Gasteiger partial charge in [0.25, 0.3) is 0 Å². The minimum atomic E-state index is -0.272. The van der Waals surface area contributed by atoms with E-state index in [1.807, 2.05) is 54.6 Å². The molecular weight excluding hydrogens is 304 g/mol. The van der Waals surface area contributed by atoms with Crippen LogP contribution < -0.4 is 9.47 Å². The molecule has 0 aliphatic carbocycles. The first-order chi connectivity index (χ1) is 9.29. The van der Waals surface area contributed by atoms with E-state index in [9.17, 15) is 0 Å². The van der Waals surface area contributed by atoms with Crippen molar-refractivity contribution in [3.05, 3.63) is 59.1 Å². The number of halogens is 1. The highest BCUT2D eigenvalue weighted by atomic mass is 79.9. The van der Waals surface area contributed by atoms with Gasteiger partial charge in [-0.2, -0.15) is 0 Å². The number of ether oxygens (including phenoxy) is 2. The zero-order valence-corrected chi connectivity index (χ0v) is 12.5. The number of rotatable bonds is 6. The van der Waals surface area contributed by atoms with Crippen LogP contribution in [0.2, 0.25) is 0 Å². The quantitative estimate of drug-likeness (QED) is 0.695. The predicted octanol–water partition coefficient (Wildman–Crippen LogP) is 5.03. The molecule has 0 saturated heterocycles. The molecule has 0 N–H and O–H groups in total. The monoisotopic (exact) mass is 320 g/mol. The van der Waals surface area contributed by atoms with Crippen molar-refractivity contribution in [1.29, 1.82) is 0 Å². The van der Waals surface area contributed by atoms with Crippen LogP contribution in [0.3, 0.4) is 0 Å². The lowest BCUT2D eigenvalue weighted by atomic mass is 10.3. The van der Waals surface area contributed by atoms with Crippen LogP contribution in [0.5, 0.6) is 11.5 Å². The molecule has 1 atom stereocenters. The van der Waals surface area contributed by atoms with Gasteiger partial charge < -0.3 is 9.47 Å². The highest BCUT2D eigenvalue weighted by Crippen LogP contribution is 2.26. The maximum Gasteiger partial charge on any atom is 0.241 e. The van der Waals surface area contributed by atoms with E-state index in [1.165, 1.54) is 0 Å². The van der Waals surface area contributed by atoms with E-state index in [2.05, 4.69) is 22.9 Å². The molecule has 3 heteroatoms. The Morgan fingerprint density at radius 2 is 1.63 bits per heavy atom. The minimum absolute atomic E-state index is 0.272. The first-order valence-corrected chi connectivity index (χ1v) is 7.22. The van der Waals surface area contributed by atoms with Crippen LogP contribution >= 0.6 is 15.9 Å². The topological polar surface area (TPSA) is 18.5 Å². The molecule has 0 fully saturated rings. The van der Waals surface area contributed by atoms with Gasteiger partial charge in [0.15, 0.2) is 0 Å². The van der Waals surface area contributed by atoms with Crippen LogP contribution in [-0.4, -0.2) is 6.29 Å². The minimum Gasteiger partial charge on any atom is -0.455 e. The Morgan fingerprint density at radius 3 is 2.32 bits per heavy atom. The molecule has 0 heterocycles. The highest BCUT2D eigenvalue weighted by molar-refractivity contribution is 9.10. The van der Waals surface area contributed by atoms with Gasteiger partial charge in [-0.05, 0) is 46.6 Å². The van der Waals surface area contributed by atoms with Crippen LogP contribution in [0.1, 0.15) is 19.8 Å². The van der Waals surface area contributed by atoms with Crippen LogP contribution in [0.15, 0.2) is 59.1 Å². The molecule has 0 aromatic heterocycles. The lowest BCUT2D eigenvalue weighted by Gasteiger charge is -2.20. The predicted molar refractivity (Wildman–Crippen MR) is 80.5 cm³/mol. The van der Waals surface area contributed by atoms with Crippen LogP contribution in [-0.2, 0) is 0 Å². The van der Waals surface area contributed by atoms with Gasteiger partial charge in [0.05, 0.1) is 4.47 Å². The summed E-state index contributed by atoms with van der Waals surface area (Å²) in [6, 6.07) is 17.6. The van der Waals surface area contributed by atoms with Gasteiger partial charge in [-0.25, -0.2) is 0 Å². The summed E-state index contributed by atoms with van der Waals surface area (Å²) < 4.78 is 12.7. The maximum atomic E-state index is 5.92. The molecule has 19 heavy (non-hydrogen) atoms. The zero-order valence-electron chi connectivity index (χ0n) is 10.9. The van der Waals surface area contributed by atoms with Crippen molar-refractivity contribution in [2.75, 3.05) is 0 Å². The second-order valence-corrected chi connectivity index (χ2v) is 5.05. The van der Waals surface area contributed by atoms with Crippen molar-refractivity contribution in [2.24, 2.45) is 0 Å². The van der Waals surface area contributed by atoms with Gasteiger partial charge in [0, 0.05) is 6.42 Å². The van der Waals surface area contributed by atoms with E-state index in [4.69, 9.17) is 9.47 Å². The second kappa shape index (κ2) is 7.19. The van der Waals surface area contributed by atoms with Gasteiger partial charge >= 0.3 is 0 Å². The standard InChI is InChI=1S/C16H17BrO2/c1-2-8-16(18-13-9-4-3-5-10-13)19-15-12-7-6-11-14(15)17/h3-7,9-12,16H,2,8H2,1H3. The number of benzene rings is 2. The molecular formula is C16H17BrO2. The lowest BCUT2D eigenvalue weighted by Crippen LogP contribution is -2.23. The fourth-order valence-electron chi connectivity index (χ4n) is 1.71. The molecule has 0 bridgehead atoms. The van der Waals surface area contributed by atoms with Crippen molar-refractivity contribution in [2.45, 2.75) is 26.1 Å².